The second-order valence-corrected chi connectivity index (χ2v) is 5.46. The van der Waals surface area contributed by atoms with Gasteiger partial charge in [0, 0.05) is 26.0 Å². The zero-order chi connectivity index (χ0) is 12.0. The number of aryl methyl sites for hydroxylation is 2. The summed E-state index contributed by atoms with van der Waals surface area (Å²) in [7, 11) is 1.75. The first-order valence-electron chi connectivity index (χ1n) is 5.49. The van der Waals surface area contributed by atoms with E-state index in [1.54, 1.807) is 7.11 Å². The zero-order valence-electron chi connectivity index (χ0n) is 10.1. The number of hydrogen-bond donors (Lipinski definition) is 0. The monoisotopic (exact) mass is 306 g/mol. The number of hydrogen-bond acceptors (Lipinski definition) is 3. The van der Waals surface area contributed by atoms with Crippen LogP contribution < -0.4 is 0 Å². The quantitative estimate of drug-likeness (QED) is 0.724. The second-order valence-electron chi connectivity index (χ2n) is 3.56. The van der Waals surface area contributed by atoms with Crippen LogP contribution in [0.5, 0.6) is 0 Å². The molecule has 0 spiro atoms. The van der Waals surface area contributed by atoms with Crippen LogP contribution in [0.1, 0.15) is 24.7 Å². The van der Waals surface area contributed by atoms with Gasteiger partial charge >= 0.3 is 0 Å². The second kappa shape index (κ2) is 7.35. The van der Waals surface area contributed by atoms with Gasteiger partial charge in [0.15, 0.2) is 0 Å². The molecule has 5 heteroatoms. The van der Waals surface area contributed by atoms with Crippen molar-refractivity contribution < 1.29 is 4.74 Å². The van der Waals surface area contributed by atoms with E-state index in [9.17, 15) is 0 Å². The molecular weight excluding hydrogens is 288 g/mol. The molecule has 0 aliphatic heterocycles. The largest absolute Gasteiger partial charge is 0.385 e. The Balaban J connectivity index is 2.46. The first kappa shape index (κ1) is 14.1. The molecule has 1 rings (SSSR count). The van der Waals surface area contributed by atoms with Crippen molar-refractivity contribution >= 4 is 27.7 Å². The summed E-state index contributed by atoms with van der Waals surface area (Å²) in [5.41, 5.74) is 2.37. The van der Waals surface area contributed by atoms with Crippen LogP contribution in [-0.4, -0.2) is 29.3 Å². The Hall–Kier alpha value is -0.0000000000000000763. The molecule has 16 heavy (non-hydrogen) atoms. The molecule has 0 aliphatic carbocycles. The van der Waals surface area contributed by atoms with E-state index in [4.69, 9.17) is 4.74 Å². The van der Waals surface area contributed by atoms with Gasteiger partial charge < -0.3 is 4.74 Å². The lowest BCUT2D eigenvalue weighted by molar-refractivity contribution is 0.200. The summed E-state index contributed by atoms with van der Waals surface area (Å²) in [6, 6.07) is 0. The van der Waals surface area contributed by atoms with E-state index in [-0.39, 0.29) is 0 Å². The molecule has 0 N–H and O–H groups in total. The number of thioether (sulfide) groups is 1. The highest BCUT2D eigenvalue weighted by Crippen LogP contribution is 2.25. The molecule has 1 aromatic rings. The van der Waals surface area contributed by atoms with Crippen LogP contribution in [0.15, 0.2) is 4.47 Å². The van der Waals surface area contributed by atoms with E-state index in [1.165, 1.54) is 5.69 Å². The van der Waals surface area contributed by atoms with Crippen molar-refractivity contribution in [2.75, 3.05) is 19.5 Å². The van der Waals surface area contributed by atoms with E-state index in [2.05, 4.69) is 32.6 Å². The van der Waals surface area contributed by atoms with Crippen LogP contribution in [0.3, 0.4) is 0 Å². The first-order chi connectivity index (χ1) is 7.70. The lowest BCUT2D eigenvalue weighted by atomic mass is 10.4. The SMILES string of the molecule is CCn1nc(C)c(Br)c1CSCCCOC. The molecule has 3 nitrogen and oxygen atoms in total. The molecule has 0 aliphatic rings. The van der Waals surface area contributed by atoms with Crippen LogP contribution in [0.2, 0.25) is 0 Å². The van der Waals surface area contributed by atoms with Gasteiger partial charge in [0.1, 0.15) is 0 Å². The summed E-state index contributed by atoms with van der Waals surface area (Å²) in [5, 5.41) is 4.48. The summed E-state index contributed by atoms with van der Waals surface area (Å²) >= 11 is 5.54. The molecule has 0 atom stereocenters. The van der Waals surface area contributed by atoms with Crippen molar-refractivity contribution in [3.05, 3.63) is 15.9 Å². The van der Waals surface area contributed by atoms with E-state index < -0.39 is 0 Å². The molecule has 0 amide bonds. The molecule has 0 saturated carbocycles. The van der Waals surface area contributed by atoms with Crippen LogP contribution >= 0.6 is 27.7 Å². The van der Waals surface area contributed by atoms with Gasteiger partial charge in [0.25, 0.3) is 0 Å². The third-order valence-corrected chi connectivity index (χ3v) is 4.42. The van der Waals surface area contributed by atoms with Gasteiger partial charge in [-0.2, -0.15) is 16.9 Å². The number of halogens is 1. The highest BCUT2D eigenvalue weighted by Gasteiger charge is 2.11. The molecule has 0 fully saturated rings. The van der Waals surface area contributed by atoms with Gasteiger partial charge in [-0.15, -0.1) is 0 Å². The molecule has 1 aromatic heterocycles. The molecule has 0 radical (unpaired) electrons. The molecule has 0 aromatic carbocycles. The van der Waals surface area contributed by atoms with Gasteiger partial charge in [-0.25, -0.2) is 0 Å². The van der Waals surface area contributed by atoms with E-state index in [0.29, 0.717) is 0 Å². The van der Waals surface area contributed by atoms with Crippen LogP contribution in [0.4, 0.5) is 0 Å². The third-order valence-electron chi connectivity index (χ3n) is 2.33. The molecule has 0 unspecified atom stereocenters. The van der Waals surface area contributed by atoms with Gasteiger partial charge in [-0.1, -0.05) is 0 Å². The minimum Gasteiger partial charge on any atom is -0.385 e. The van der Waals surface area contributed by atoms with Crippen molar-refractivity contribution in [1.29, 1.82) is 0 Å². The number of methoxy groups -OCH3 is 1. The summed E-state index contributed by atoms with van der Waals surface area (Å²) in [5.74, 6) is 2.15. The minimum absolute atomic E-state index is 0.847. The fourth-order valence-corrected chi connectivity index (χ4v) is 3.04. The average Bonchev–Trinajstić information content (AvgIpc) is 2.56. The Bertz CT molecular complexity index is 328. The predicted octanol–water partition coefficient (Wildman–Crippen LogP) is 3.24. The van der Waals surface area contributed by atoms with Crippen molar-refractivity contribution in [3.8, 4) is 0 Å². The lowest BCUT2D eigenvalue weighted by Gasteiger charge is -2.05. The fraction of sp³-hybridized carbons (Fsp3) is 0.727. The van der Waals surface area contributed by atoms with Gasteiger partial charge in [-0.05, 0) is 42.0 Å². The molecule has 0 saturated heterocycles. The molecule has 0 bridgehead atoms. The maximum Gasteiger partial charge on any atom is 0.0739 e. The third kappa shape index (κ3) is 3.79. The van der Waals surface area contributed by atoms with E-state index in [1.807, 2.05) is 18.7 Å². The first-order valence-corrected chi connectivity index (χ1v) is 7.44. The Labute approximate surface area is 110 Å². The molecule has 1 heterocycles. The number of aromatic nitrogens is 2. The van der Waals surface area contributed by atoms with Crippen molar-refractivity contribution in [3.63, 3.8) is 0 Å². The smallest absolute Gasteiger partial charge is 0.0739 e. The van der Waals surface area contributed by atoms with Crippen LogP contribution in [-0.2, 0) is 17.0 Å². The Morgan fingerprint density at radius 1 is 1.50 bits per heavy atom. The van der Waals surface area contributed by atoms with Gasteiger partial charge in [-0.3, -0.25) is 4.68 Å². The van der Waals surface area contributed by atoms with Gasteiger partial charge in [0.05, 0.1) is 15.9 Å². The highest BCUT2D eigenvalue weighted by molar-refractivity contribution is 9.10. The summed E-state index contributed by atoms with van der Waals surface area (Å²) in [6.07, 6.45) is 1.11. The maximum atomic E-state index is 5.03. The number of nitrogens with zero attached hydrogens (tertiary/aromatic N) is 2. The predicted molar refractivity (Wildman–Crippen MR) is 73.0 cm³/mol. The summed E-state index contributed by atoms with van der Waals surface area (Å²) in [6.45, 7) is 5.94. The van der Waals surface area contributed by atoms with Crippen molar-refractivity contribution in [2.45, 2.75) is 32.6 Å². The van der Waals surface area contributed by atoms with Crippen LogP contribution in [0.25, 0.3) is 0 Å². The topological polar surface area (TPSA) is 27.1 Å². The van der Waals surface area contributed by atoms with E-state index >= 15 is 0 Å². The van der Waals surface area contributed by atoms with E-state index in [0.717, 1.165) is 41.2 Å². The molecular formula is C11H19BrN2OS. The number of rotatable bonds is 7. The zero-order valence-corrected chi connectivity index (χ0v) is 12.5. The maximum absolute atomic E-state index is 5.03. The highest BCUT2D eigenvalue weighted by atomic mass is 79.9. The number of ether oxygens (including phenoxy) is 1. The normalized spacial score (nSPS) is 11.0. The van der Waals surface area contributed by atoms with Crippen molar-refractivity contribution in [2.24, 2.45) is 0 Å². The summed E-state index contributed by atoms with van der Waals surface area (Å²) < 4.78 is 8.26. The summed E-state index contributed by atoms with van der Waals surface area (Å²) in [4.78, 5) is 0. The van der Waals surface area contributed by atoms with Crippen LogP contribution in [0, 0.1) is 6.92 Å². The lowest BCUT2D eigenvalue weighted by Crippen LogP contribution is -2.02. The van der Waals surface area contributed by atoms with Crippen molar-refractivity contribution in [1.82, 2.24) is 9.78 Å². The Morgan fingerprint density at radius 3 is 2.88 bits per heavy atom. The Kier molecular flexibility index (Phi) is 6.46. The fourth-order valence-electron chi connectivity index (χ4n) is 1.48. The standard InChI is InChI=1S/C11H19BrN2OS/c1-4-14-10(11(12)9(2)13-14)8-16-7-5-6-15-3/h4-8H2,1-3H3. The molecule has 92 valence electrons. The van der Waals surface area contributed by atoms with Gasteiger partial charge in [0.2, 0.25) is 0 Å². The Morgan fingerprint density at radius 2 is 2.25 bits per heavy atom. The average molecular weight is 307 g/mol. The minimum atomic E-state index is 0.847.